The van der Waals surface area contributed by atoms with E-state index in [1.165, 1.54) is 16.9 Å². The van der Waals surface area contributed by atoms with Crippen molar-refractivity contribution in [2.45, 2.75) is 19.3 Å². The molecule has 4 nitrogen and oxygen atoms in total. The molecule has 5 heteroatoms. The van der Waals surface area contributed by atoms with Crippen molar-refractivity contribution in [2.24, 2.45) is 5.10 Å². The number of amides is 1. The number of pyridine rings is 1. The van der Waals surface area contributed by atoms with E-state index in [0.29, 0.717) is 0 Å². The monoisotopic (exact) mass is 271 g/mol. The van der Waals surface area contributed by atoms with E-state index >= 15 is 0 Å². The Labute approximate surface area is 115 Å². The Hall–Kier alpha value is -2.01. The Kier molecular flexibility index (Phi) is 3.37. The Balaban J connectivity index is 1.63. The van der Waals surface area contributed by atoms with Gasteiger partial charge in [0.2, 0.25) is 0 Å². The summed E-state index contributed by atoms with van der Waals surface area (Å²) < 4.78 is 0. The Morgan fingerprint density at radius 3 is 3.21 bits per heavy atom. The molecule has 0 aliphatic heterocycles. The number of hydrogen-bond donors (Lipinski definition) is 1. The molecule has 0 atom stereocenters. The summed E-state index contributed by atoms with van der Waals surface area (Å²) in [6.07, 6.45) is 8.39. The lowest BCUT2D eigenvalue weighted by Crippen LogP contribution is -2.16. The number of fused-ring (bicyclic) bond motifs is 1. The number of hydrazone groups is 1. The fraction of sp³-hybridized carbons (Fsp3) is 0.214. The van der Waals surface area contributed by atoms with Crippen molar-refractivity contribution >= 4 is 23.5 Å². The first-order valence-corrected chi connectivity index (χ1v) is 6.99. The van der Waals surface area contributed by atoms with Crippen molar-refractivity contribution in [1.82, 2.24) is 10.4 Å². The van der Waals surface area contributed by atoms with Gasteiger partial charge < -0.3 is 0 Å². The molecule has 1 aliphatic carbocycles. The predicted octanol–water partition coefficient (Wildman–Crippen LogP) is 2.40. The van der Waals surface area contributed by atoms with Crippen LogP contribution >= 0.6 is 11.3 Å². The van der Waals surface area contributed by atoms with E-state index in [9.17, 15) is 4.79 Å². The Morgan fingerprint density at radius 1 is 1.47 bits per heavy atom. The van der Waals surface area contributed by atoms with Crippen molar-refractivity contribution in [3.63, 3.8) is 0 Å². The van der Waals surface area contributed by atoms with Gasteiger partial charge in [0, 0.05) is 22.8 Å². The first kappa shape index (κ1) is 12.0. The molecule has 1 N–H and O–H groups in total. The molecule has 2 aromatic rings. The molecule has 0 saturated heterocycles. The van der Waals surface area contributed by atoms with Crippen LogP contribution in [0.2, 0.25) is 0 Å². The molecular formula is C14H13N3OS. The molecule has 0 saturated carbocycles. The average molecular weight is 271 g/mol. The van der Waals surface area contributed by atoms with E-state index in [-0.39, 0.29) is 5.91 Å². The summed E-state index contributed by atoms with van der Waals surface area (Å²) in [6.45, 7) is 0. The van der Waals surface area contributed by atoms with Crippen LogP contribution in [0.25, 0.3) is 0 Å². The molecule has 2 heterocycles. The minimum absolute atomic E-state index is 0.139. The summed E-state index contributed by atoms with van der Waals surface area (Å²) in [4.78, 5) is 18.0. The molecule has 0 aromatic carbocycles. The molecule has 1 aliphatic rings. The molecule has 0 spiro atoms. The summed E-state index contributed by atoms with van der Waals surface area (Å²) in [6, 6.07) is 5.69. The van der Waals surface area contributed by atoms with E-state index in [4.69, 9.17) is 0 Å². The molecule has 0 fully saturated rings. The first-order valence-electron chi connectivity index (χ1n) is 6.18. The topological polar surface area (TPSA) is 54.4 Å². The molecular weight excluding hydrogens is 258 g/mol. The Morgan fingerprint density at radius 2 is 2.42 bits per heavy atom. The van der Waals surface area contributed by atoms with E-state index in [1.807, 2.05) is 18.2 Å². The zero-order valence-electron chi connectivity index (χ0n) is 10.3. The molecule has 2 aromatic heterocycles. The number of nitrogens with one attached hydrogen (secondary N) is 1. The minimum atomic E-state index is -0.139. The highest BCUT2D eigenvalue weighted by atomic mass is 32.1. The van der Waals surface area contributed by atoms with E-state index in [2.05, 4.69) is 15.5 Å². The van der Waals surface area contributed by atoms with E-state index in [1.54, 1.807) is 29.9 Å². The maximum Gasteiger partial charge on any atom is 0.281 e. The number of aryl methyl sites for hydroxylation is 2. The second-order valence-corrected chi connectivity index (χ2v) is 5.53. The van der Waals surface area contributed by atoms with Crippen LogP contribution in [0.1, 0.15) is 32.1 Å². The van der Waals surface area contributed by atoms with Crippen LogP contribution in [0.3, 0.4) is 0 Å². The predicted molar refractivity (Wildman–Crippen MR) is 75.6 cm³/mol. The Bertz CT molecular complexity index is 597. The van der Waals surface area contributed by atoms with Crippen LogP contribution < -0.4 is 5.43 Å². The van der Waals surface area contributed by atoms with Crippen molar-refractivity contribution in [3.8, 4) is 0 Å². The summed E-state index contributed by atoms with van der Waals surface area (Å²) in [7, 11) is 0. The lowest BCUT2D eigenvalue weighted by atomic mass is 10.2. The zero-order chi connectivity index (χ0) is 13.1. The van der Waals surface area contributed by atoms with Gasteiger partial charge >= 0.3 is 0 Å². The lowest BCUT2D eigenvalue weighted by Gasteiger charge is -1.96. The van der Waals surface area contributed by atoms with Crippen LogP contribution in [0.5, 0.6) is 0 Å². The van der Waals surface area contributed by atoms with Gasteiger partial charge in [0.05, 0.1) is 11.1 Å². The van der Waals surface area contributed by atoms with E-state index in [0.717, 1.165) is 23.3 Å². The van der Waals surface area contributed by atoms with Gasteiger partial charge in [-0.3, -0.25) is 9.78 Å². The highest BCUT2D eigenvalue weighted by molar-refractivity contribution is 7.14. The fourth-order valence-corrected chi connectivity index (χ4v) is 3.26. The van der Waals surface area contributed by atoms with Crippen LogP contribution in [0, 0.1) is 0 Å². The van der Waals surface area contributed by atoms with Gasteiger partial charge in [0.25, 0.3) is 5.91 Å². The average Bonchev–Trinajstić information content (AvgIpc) is 3.00. The van der Waals surface area contributed by atoms with Crippen LogP contribution in [-0.2, 0) is 12.8 Å². The molecule has 3 rings (SSSR count). The quantitative estimate of drug-likeness (QED) is 0.688. The highest BCUT2D eigenvalue weighted by Gasteiger charge is 2.17. The molecule has 0 radical (unpaired) electrons. The lowest BCUT2D eigenvalue weighted by molar-refractivity contribution is 0.0959. The third kappa shape index (κ3) is 2.71. The van der Waals surface area contributed by atoms with Gasteiger partial charge in [-0.2, -0.15) is 5.10 Å². The molecule has 19 heavy (non-hydrogen) atoms. The van der Waals surface area contributed by atoms with Crippen molar-refractivity contribution in [2.75, 3.05) is 0 Å². The smallest absolute Gasteiger partial charge is 0.266 e. The van der Waals surface area contributed by atoms with Gasteiger partial charge in [-0.15, -0.1) is 11.3 Å². The second kappa shape index (κ2) is 5.32. The summed E-state index contributed by atoms with van der Waals surface area (Å²) in [5, 5.41) is 3.94. The number of rotatable bonds is 3. The normalized spacial score (nSPS) is 13.7. The largest absolute Gasteiger partial charge is 0.281 e. The standard InChI is InChI=1S/C14H13N3OS/c18-14(13-7-11-4-1-5-12(11)19-13)17-16-9-10-3-2-6-15-8-10/h2-3,6-9H,1,4-5H2,(H,17,18)/b16-9-. The summed E-state index contributed by atoms with van der Waals surface area (Å²) in [5.41, 5.74) is 4.73. The van der Waals surface area contributed by atoms with Gasteiger partial charge in [-0.1, -0.05) is 6.07 Å². The van der Waals surface area contributed by atoms with Crippen LogP contribution in [0.4, 0.5) is 0 Å². The molecule has 0 bridgehead atoms. The number of aromatic nitrogens is 1. The second-order valence-electron chi connectivity index (χ2n) is 4.40. The number of nitrogens with zero attached hydrogens (tertiary/aromatic N) is 2. The third-order valence-electron chi connectivity index (χ3n) is 3.03. The SMILES string of the molecule is O=C(N/N=C\c1cccnc1)c1cc2c(s1)CCC2. The molecule has 96 valence electrons. The third-order valence-corrected chi connectivity index (χ3v) is 4.27. The minimum Gasteiger partial charge on any atom is -0.266 e. The maximum atomic E-state index is 11.9. The van der Waals surface area contributed by atoms with Crippen LogP contribution in [-0.4, -0.2) is 17.1 Å². The first-order chi connectivity index (χ1) is 9.33. The fourth-order valence-electron chi connectivity index (χ4n) is 2.11. The maximum absolute atomic E-state index is 11.9. The zero-order valence-corrected chi connectivity index (χ0v) is 11.1. The van der Waals surface area contributed by atoms with E-state index < -0.39 is 0 Å². The molecule has 1 amide bonds. The number of carbonyl (C=O) groups is 1. The van der Waals surface area contributed by atoms with Gasteiger partial charge in [0.1, 0.15) is 0 Å². The highest BCUT2D eigenvalue weighted by Crippen LogP contribution is 2.30. The van der Waals surface area contributed by atoms with Gasteiger partial charge in [-0.05, 0) is 37.0 Å². The van der Waals surface area contributed by atoms with Crippen LogP contribution in [0.15, 0.2) is 35.7 Å². The van der Waals surface area contributed by atoms with Gasteiger partial charge in [0.15, 0.2) is 0 Å². The summed E-state index contributed by atoms with van der Waals surface area (Å²) in [5.74, 6) is -0.139. The number of carbonyl (C=O) groups excluding carboxylic acids is 1. The van der Waals surface area contributed by atoms with Gasteiger partial charge in [-0.25, -0.2) is 5.43 Å². The number of thiophene rings is 1. The number of hydrogen-bond acceptors (Lipinski definition) is 4. The molecule has 0 unspecified atom stereocenters. The van der Waals surface area contributed by atoms with Crippen molar-refractivity contribution < 1.29 is 4.79 Å². The van der Waals surface area contributed by atoms with Crippen molar-refractivity contribution in [3.05, 3.63) is 51.5 Å². The van der Waals surface area contributed by atoms with Crippen molar-refractivity contribution in [1.29, 1.82) is 0 Å². The summed E-state index contributed by atoms with van der Waals surface area (Å²) >= 11 is 1.58.